The van der Waals surface area contributed by atoms with E-state index in [2.05, 4.69) is 21.9 Å². The Hall–Kier alpha value is -2.01. The van der Waals surface area contributed by atoms with Crippen LogP contribution in [0.15, 0.2) is 30.4 Å². The average Bonchev–Trinajstić information content (AvgIpc) is 2.72. The van der Waals surface area contributed by atoms with Crippen LogP contribution in [0.4, 0.5) is 0 Å². The Morgan fingerprint density at radius 1 is 1.53 bits per heavy atom. The largest absolute Gasteiger partial charge is 0.358 e. The normalized spacial score (nSPS) is 23.1. The van der Waals surface area contributed by atoms with Crippen molar-refractivity contribution in [1.82, 2.24) is 15.3 Å². The minimum Gasteiger partial charge on any atom is -0.358 e. The first-order valence-corrected chi connectivity index (χ1v) is 5.33. The molecule has 1 aromatic heterocycles. The molecule has 86 valence electrons. The Morgan fingerprint density at radius 3 is 3.18 bits per heavy atom. The lowest BCUT2D eigenvalue weighted by Gasteiger charge is -2.24. The maximum absolute atomic E-state index is 11.8. The highest BCUT2D eigenvalue weighted by atomic mass is 16.5. The van der Waals surface area contributed by atoms with Crippen LogP contribution in [0.25, 0.3) is 6.08 Å². The van der Waals surface area contributed by atoms with Crippen molar-refractivity contribution < 1.29 is 9.53 Å². The van der Waals surface area contributed by atoms with E-state index < -0.39 is 6.10 Å². The number of ether oxygens (including phenoxy) is 1. The van der Waals surface area contributed by atoms with Crippen molar-refractivity contribution in [2.75, 3.05) is 6.61 Å². The fourth-order valence-electron chi connectivity index (χ4n) is 2.06. The number of carbonyl (C=O) groups is 1. The molecule has 1 aliphatic carbocycles. The van der Waals surface area contributed by atoms with Crippen LogP contribution < -0.4 is 5.32 Å². The highest BCUT2D eigenvalue weighted by molar-refractivity contribution is 5.88. The van der Waals surface area contributed by atoms with E-state index in [9.17, 15) is 4.79 Å². The summed E-state index contributed by atoms with van der Waals surface area (Å²) in [6.45, 7) is 4.02. The molecule has 0 aromatic carbocycles. The molecule has 2 heterocycles. The van der Waals surface area contributed by atoms with Crippen LogP contribution in [0.1, 0.15) is 11.3 Å². The number of nitrogens with zero attached hydrogens (tertiary/aromatic N) is 2. The number of morpholine rings is 1. The van der Waals surface area contributed by atoms with Gasteiger partial charge in [-0.05, 0) is 11.6 Å². The van der Waals surface area contributed by atoms with Gasteiger partial charge in [-0.2, -0.15) is 0 Å². The number of carbonyl (C=O) groups excluding carboxylic acids is 1. The summed E-state index contributed by atoms with van der Waals surface area (Å²) >= 11 is 0. The minimum atomic E-state index is -0.533. The van der Waals surface area contributed by atoms with Gasteiger partial charge >= 0.3 is 0 Å². The second-order valence-electron chi connectivity index (χ2n) is 4.10. The van der Waals surface area contributed by atoms with Gasteiger partial charge in [-0.25, -0.2) is 9.97 Å². The van der Waals surface area contributed by atoms with Crippen LogP contribution in [0.5, 0.6) is 0 Å². The number of hydrogen-bond donors (Lipinski definition) is 1. The number of nitrogens with one attached hydrogen (secondary N) is 1. The van der Waals surface area contributed by atoms with Gasteiger partial charge in [-0.15, -0.1) is 0 Å². The fourth-order valence-corrected chi connectivity index (χ4v) is 2.06. The summed E-state index contributed by atoms with van der Waals surface area (Å²) in [5.41, 5.74) is 3.42. The molecular formula is C12H11N3O2. The van der Waals surface area contributed by atoms with Crippen LogP contribution in [0, 0.1) is 0 Å². The molecule has 1 fully saturated rings. The molecule has 1 saturated heterocycles. The molecule has 1 unspecified atom stereocenters. The molecule has 1 amide bonds. The highest BCUT2D eigenvalue weighted by Crippen LogP contribution is 2.27. The third-order valence-electron chi connectivity index (χ3n) is 2.84. The topological polar surface area (TPSA) is 64.1 Å². The van der Waals surface area contributed by atoms with Gasteiger partial charge in [0.1, 0.15) is 6.33 Å². The molecule has 17 heavy (non-hydrogen) atoms. The first-order valence-electron chi connectivity index (χ1n) is 5.33. The van der Waals surface area contributed by atoms with Crippen LogP contribution >= 0.6 is 0 Å². The summed E-state index contributed by atoms with van der Waals surface area (Å²) in [7, 11) is 0. The quantitative estimate of drug-likeness (QED) is 0.759. The molecule has 0 bridgehead atoms. The molecule has 2 aliphatic rings. The predicted octanol–water partition coefficient (Wildman–Crippen LogP) is 0.445. The summed E-state index contributed by atoms with van der Waals surface area (Å²) in [4.78, 5) is 19.9. The molecule has 3 rings (SSSR count). The van der Waals surface area contributed by atoms with Crippen molar-refractivity contribution in [2.24, 2.45) is 0 Å². The smallest absolute Gasteiger partial charge is 0.257 e. The van der Waals surface area contributed by atoms with E-state index in [1.807, 2.05) is 6.08 Å². The van der Waals surface area contributed by atoms with E-state index in [0.29, 0.717) is 18.7 Å². The molecule has 0 spiro atoms. The van der Waals surface area contributed by atoms with E-state index in [4.69, 9.17) is 4.74 Å². The minimum absolute atomic E-state index is 0.159. The van der Waals surface area contributed by atoms with E-state index in [1.165, 1.54) is 6.33 Å². The Kier molecular flexibility index (Phi) is 2.26. The molecule has 5 heteroatoms. The van der Waals surface area contributed by atoms with Crippen LogP contribution in [-0.4, -0.2) is 28.6 Å². The fraction of sp³-hybridized carbons (Fsp3) is 0.250. The third kappa shape index (κ3) is 1.74. The lowest BCUT2D eigenvalue weighted by Crippen LogP contribution is -2.43. The van der Waals surface area contributed by atoms with Crippen LogP contribution in [0.2, 0.25) is 0 Å². The first-order chi connectivity index (χ1) is 8.24. The van der Waals surface area contributed by atoms with Crippen LogP contribution in [0.3, 0.4) is 0 Å². The summed E-state index contributed by atoms with van der Waals surface area (Å²) in [5, 5.41) is 2.70. The Labute approximate surface area is 98.2 Å². The van der Waals surface area contributed by atoms with Gasteiger partial charge < -0.3 is 10.1 Å². The monoisotopic (exact) mass is 229 g/mol. The molecule has 1 atom stereocenters. The van der Waals surface area contributed by atoms with Crippen molar-refractivity contribution in [3.05, 3.63) is 41.6 Å². The Morgan fingerprint density at radius 2 is 2.41 bits per heavy atom. The highest BCUT2D eigenvalue weighted by Gasteiger charge is 2.31. The lowest BCUT2D eigenvalue weighted by atomic mass is 10.1. The Bertz CT molecular complexity index is 536. The molecule has 1 aromatic rings. The van der Waals surface area contributed by atoms with E-state index >= 15 is 0 Å². The van der Waals surface area contributed by atoms with Gasteiger partial charge in [-0.1, -0.05) is 6.58 Å². The maximum atomic E-state index is 11.8. The SMILES string of the molecule is C=C1COC(C2=Cc3cncnc3C2)C(=O)N1. The van der Waals surface area contributed by atoms with E-state index in [0.717, 1.165) is 16.8 Å². The summed E-state index contributed by atoms with van der Waals surface area (Å²) in [6, 6.07) is 0. The van der Waals surface area contributed by atoms with Gasteiger partial charge in [0, 0.05) is 23.9 Å². The van der Waals surface area contributed by atoms with E-state index in [-0.39, 0.29) is 5.91 Å². The molecule has 0 saturated carbocycles. The number of hydrogen-bond acceptors (Lipinski definition) is 4. The van der Waals surface area contributed by atoms with Gasteiger partial charge in [0.15, 0.2) is 6.10 Å². The van der Waals surface area contributed by atoms with Gasteiger partial charge in [0.05, 0.1) is 12.3 Å². The second-order valence-corrected chi connectivity index (χ2v) is 4.10. The number of amides is 1. The third-order valence-corrected chi connectivity index (χ3v) is 2.84. The van der Waals surface area contributed by atoms with Crippen molar-refractivity contribution in [3.63, 3.8) is 0 Å². The number of rotatable bonds is 1. The van der Waals surface area contributed by atoms with Crippen molar-refractivity contribution in [1.29, 1.82) is 0 Å². The maximum Gasteiger partial charge on any atom is 0.257 e. The molecular weight excluding hydrogens is 218 g/mol. The Balaban J connectivity index is 1.84. The zero-order valence-corrected chi connectivity index (χ0v) is 9.14. The second kappa shape index (κ2) is 3.78. The molecule has 5 nitrogen and oxygen atoms in total. The van der Waals surface area contributed by atoms with Crippen molar-refractivity contribution in [3.8, 4) is 0 Å². The zero-order chi connectivity index (χ0) is 11.8. The molecule has 0 radical (unpaired) electrons. The first kappa shape index (κ1) is 10.2. The lowest BCUT2D eigenvalue weighted by molar-refractivity contribution is -0.132. The van der Waals surface area contributed by atoms with Gasteiger partial charge in [0.25, 0.3) is 5.91 Å². The molecule has 1 aliphatic heterocycles. The van der Waals surface area contributed by atoms with Crippen molar-refractivity contribution in [2.45, 2.75) is 12.5 Å². The summed E-state index contributed by atoms with van der Waals surface area (Å²) < 4.78 is 5.49. The standard InChI is InChI=1S/C12H11N3O2/c1-7-5-17-11(12(16)15-7)8-2-9-4-13-6-14-10(9)3-8/h2,4,6,11H,1,3,5H2,(H,15,16). The average molecular weight is 229 g/mol. The predicted molar refractivity (Wildman–Crippen MR) is 60.7 cm³/mol. The van der Waals surface area contributed by atoms with E-state index in [1.54, 1.807) is 6.20 Å². The van der Waals surface area contributed by atoms with Gasteiger partial charge in [-0.3, -0.25) is 4.79 Å². The van der Waals surface area contributed by atoms with Crippen LogP contribution in [-0.2, 0) is 16.0 Å². The van der Waals surface area contributed by atoms with Crippen molar-refractivity contribution >= 4 is 12.0 Å². The summed E-state index contributed by atoms with van der Waals surface area (Å²) in [6.07, 6.45) is 5.29. The zero-order valence-electron chi connectivity index (χ0n) is 9.14. The van der Waals surface area contributed by atoms with Gasteiger partial charge in [0.2, 0.25) is 0 Å². The number of aromatic nitrogens is 2. The molecule has 1 N–H and O–H groups in total. The number of fused-ring (bicyclic) bond motifs is 1. The summed E-state index contributed by atoms with van der Waals surface area (Å²) in [5.74, 6) is -0.159.